The Labute approximate surface area is 115 Å². The van der Waals surface area contributed by atoms with E-state index in [1.807, 2.05) is 6.07 Å². The van der Waals surface area contributed by atoms with Gasteiger partial charge >= 0.3 is 5.97 Å². The van der Waals surface area contributed by atoms with Crippen LogP contribution in [0.25, 0.3) is 0 Å². The first-order valence-electron chi connectivity index (χ1n) is 5.98. The summed E-state index contributed by atoms with van der Waals surface area (Å²) in [6.45, 7) is 1.70. The maximum atomic E-state index is 12.1. The first-order chi connectivity index (χ1) is 9.63. The van der Waals surface area contributed by atoms with Crippen molar-refractivity contribution in [3.8, 4) is 0 Å². The Morgan fingerprint density at radius 1 is 1.30 bits per heavy atom. The minimum Gasteiger partial charge on any atom is -0.467 e. The number of nitrogens with zero attached hydrogens (tertiary/aromatic N) is 1. The Hall–Kier alpha value is -2.63. The number of carbonyl (C=O) groups excluding carboxylic acids is 2. The summed E-state index contributed by atoms with van der Waals surface area (Å²) in [5, 5.41) is 6.12. The van der Waals surface area contributed by atoms with E-state index in [4.69, 9.17) is 9.26 Å². The van der Waals surface area contributed by atoms with Crippen molar-refractivity contribution in [1.82, 2.24) is 10.5 Å². The van der Waals surface area contributed by atoms with Gasteiger partial charge in [0.2, 0.25) is 5.76 Å². The molecule has 20 heavy (non-hydrogen) atoms. The van der Waals surface area contributed by atoms with Crippen molar-refractivity contribution in [3.63, 3.8) is 0 Å². The van der Waals surface area contributed by atoms with Crippen LogP contribution >= 0.6 is 0 Å². The maximum Gasteiger partial charge on any atom is 0.333 e. The minimum atomic E-state index is -0.891. The third-order valence-electron chi connectivity index (χ3n) is 2.80. The van der Waals surface area contributed by atoms with Gasteiger partial charge in [0.15, 0.2) is 6.04 Å². The first kappa shape index (κ1) is 13.8. The number of hydrogen-bond acceptors (Lipinski definition) is 5. The molecule has 1 atom stereocenters. The van der Waals surface area contributed by atoms with Gasteiger partial charge in [-0.15, -0.1) is 0 Å². The first-order valence-corrected chi connectivity index (χ1v) is 5.98. The molecule has 1 N–H and O–H groups in total. The Balaban J connectivity index is 2.23. The number of carbonyl (C=O) groups is 2. The van der Waals surface area contributed by atoms with E-state index >= 15 is 0 Å². The number of ether oxygens (including phenoxy) is 1. The fourth-order valence-corrected chi connectivity index (χ4v) is 1.75. The van der Waals surface area contributed by atoms with Gasteiger partial charge < -0.3 is 14.6 Å². The van der Waals surface area contributed by atoms with Crippen LogP contribution in [0.4, 0.5) is 0 Å². The molecule has 6 heteroatoms. The average Bonchev–Trinajstić information content (AvgIpc) is 2.91. The van der Waals surface area contributed by atoms with Gasteiger partial charge in [-0.05, 0) is 12.5 Å². The van der Waals surface area contributed by atoms with Crippen LogP contribution in [-0.2, 0) is 9.53 Å². The highest BCUT2D eigenvalue weighted by Crippen LogP contribution is 2.16. The SMILES string of the molecule is COC(=O)C(NC(=O)c1oncc1C)c1ccccc1. The smallest absolute Gasteiger partial charge is 0.333 e. The molecular formula is C14H14N2O4. The molecule has 1 aromatic heterocycles. The molecule has 0 fully saturated rings. The van der Waals surface area contributed by atoms with Crippen LogP contribution < -0.4 is 5.32 Å². The van der Waals surface area contributed by atoms with Gasteiger partial charge in [-0.25, -0.2) is 4.79 Å². The lowest BCUT2D eigenvalue weighted by atomic mass is 10.1. The van der Waals surface area contributed by atoms with E-state index in [0.29, 0.717) is 11.1 Å². The van der Waals surface area contributed by atoms with Gasteiger partial charge in [-0.2, -0.15) is 0 Å². The largest absolute Gasteiger partial charge is 0.467 e. The van der Waals surface area contributed by atoms with E-state index in [-0.39, 0.29) is 5.76 Å². The van der Waals surface area contributed by atoms with Crippen LogP contribution in [0.15, 0.2) is 41.1 Å². The quantitative estimate of drug-likeness (QED) is 0.857. The molecule has 0 spiro atoms. The lowest BCUT2D eigenvalue weighted by Gasteiger charge is -2.16. The van der Waals surface area contributed by atoms with E-state index in [1.165, 1.54) is 13.3 Å². The number of benzene rings is 1. The van der Waals surface area contributed by atoms with Crippen molar-refractivity contribution < 1.29 is 18.8 Å². The highest BCUT2D eigenvalue weighted by Gasteiger charge is 2.26. The van der Waals surface area contributed by atoms with Crippen LogP contribution in [0.3, 0.4) is 0 Å². The van der Waals surface area contributed by atoms with Crippen molar-refractivity contribution >= 4 is 11.9 Å². The molecule has 2 aromatic rings. The number of nitrogens with one attached hydrogen (secondary N) is 1. The second-order valence-corrected chi connectivity index (χ2v) is 4.18. The maximum absolute atomic E-state index is 12.1. The molecule has 2 rings (SSSR count). The zero-order valence-corrected chi connectivity index (χ0v) is 11.1. The third kappa shape index (κ3) is 2.85. The van der Waals surface area contributed by atoms with Gasteiger partial charge in [-0.3, -0.25) is 4.79 Å². The number of methoxy groups -OCH3 is 1. The highest BCUT2D eigenvalue weighted by atomic mass is 16.5. The predicted octanol–water partition coefficient (Wildman–Crippen LogP) is 1.63. The van der Waals surface area contributed by atoms with E-state index in [2.05, 4.69) is 10.5 Å². The molecule has 6 nitrogen and oxygen atoms in total. The lowest BCUT2D eigenvalue weighted by Crippen LogP contribution is -2.34. The normalized spacial score (nSPS) is 11.7. The van der Waals surface area contributed by atoms with E-state index in [0.717, 1.165) is 0 Å². The highest BCUT2D eigenvalue weighted by molar-refractivity contribution is 5.95. The van der Waals surface area contributed by atoms with Crippen LogP contribution in [0.5, 0.6) is 0 Å². The summed E-state index contributed by atoms with van der Waals surface area (Å²) in [5.41, 5.74) is 1.23. The minimum absolute atomic E-state index is 0.0786. The van der Waals surface area contributed by atoms with Crippen LogP contribution in [0.1, 0.15) is 27.7 Å². The third-order valence-corrected chi connectivity index (χ3v) is 2.80. The number of esters is 1. The molecule has 1 aromatic carbocycles. The second kappa shape index (κ2) is 6.01. The van der Waals surface area contributed by atoms with Crippen molar-refractivity contribution in [1.29, 1.82) is 0 Å². The summed E-state index contributed by atoms with van der Waals surface area (Å²) in [4.78, 5) is 23.9. The molecule has 0 aliphatic rings. The molecule has 0 bridgehead atoms. The van der Waals surface area contributed by atoms with Gasteiger partial charge in [0.25, 0.3) is 5.91 Å². The Morgan fingerprint density at radius 3 is 2.55 bits per heavy atom. The van der Waals surface area contributed by atoms with Crippen molar-refractivity contribution in [2.75, 3.05) is 7.11 Å². The lowest BCUT2D eigenvalue weighted by molar-refractivity contribution is -0.143. The van der Waals surface area contributed by atoms with Gasteiger partial charge in [-0.1, -0.05) is 35.5 Å². The van der Waals surface area contributed by atoms with Crippen LogP contribution in [-0.4, -0.2) is 24.1 Å². The number of rotatable bonds is 4. The number of hydrogen-bond donors (Lipinski definition) is 1. The molecule has 104 valence electrons. The van der Waals surface area contributed by atoms with Gasteiger partial charge in [0.05, 0.1) is 13.3 Å². The topological polar surface area (TPSA) is 81.4 Å². The summed E-state index contributed by atoms with van der Waals surface area (Å²) in [6.07, 6.45) is 1.44. The summed E-state index contributed by atoms with van der Waals surface area (Å²) in [5.74, 6) is -0.990. The van der Waals surface area contributed by atoms with Crippen LogP contribution in [0, 0.1) is 6.92 Å². The van der Waals surface area contributed by atoms with Gasteiger partial charge in [0.1, 0.15) is 0 Å². The molecule has 0 radical (unpaired) electrons. The molecular weight excluding hydrogens is 260 g/mol. The standard InChI is InChI=1S/C14H14N2O4/c1-9-8-15-20-12(9)13(17)16-11(14(18)19-2)10-6-4-3-5-7-10/h3-8,11H,1-2H3,(H,16,17). The molecule has 0 saturated heterocycles. The number of amides is 1. The van der Waals surface area contributed by atoms with E-state index < -0.39 is 17.9 Å². The number of aryl methyl sites for hydroxylation is 1. The molecule has 1 heterocycles. The van der Waals surface area contributed by atoms with Crippen molar-refractivity contribution in [3.05, 3.63) is 53.4 Å². The summed E-state index contributed by atoms with van der Waals surface area (Å²) in [6, 6.07) is 7.94. The fraction of sp³-hybridized carbons (Fsp3) is 0.214. The molecule has 1 amide bonds. The second-order valence-electron chi connectivity index (χ2n) is 4.18. The van der Waals surface area contributed by atoms with Gasteiger partial charge in [0, 0.05) is 5.56 Å². The molecule has 0 aliphatic heterocycles. The summed E-state index contributed by atoms with van der Waals surface area (Å²) < 4.78 is 9.58. The Morgan fingerprint density at radius 2 is 2.00 bits per heavy atom. The molecule has 0 aliphatic carbocycles. The zero-order valence-electron chi connectivity index (χ0n) is 11.1. The number of aromatic nitrogens is 1. The predicted molar refractivity (Wildman–Crippen MR) is 69.9 cm³/mol. The summed E-state index contributed by atoms with van der Waals surface area (Å²) in [7, 11) is 1.27. The van der Waals surface area contributed by atoms with Crippen LogP contribution in [0.2, 0.25) is 0 Å². The average molecular weight is 274 g/mol. The fourth-order valence-electron chi connectivity index (χ4n) is 1.75. The van der Waals surface area contributed by atoms with E-state index in [1.54, 1.807) is 31.2 Å². The monoisotopic (exact) mass is 274 g/mol. The molecule has 0 saturated carbocycles. The van der Waals surface area contributed by atoms with Crippen molar-refractivity contribution in [2.45, 2.75) is 13.0 Å². The zero-order chi connectivity index (χ0) is 14.5. The van der Waals surface area contributed by atoms with E-state index in [9.17, 15) is 9.59 Å². The Kier molecular flexibility index (Phi) is 4.14. The molecule has 1 unspecified atom stereocenters. The Bertz CT molecular complexity index is 607. The summed E-state index contributed by atoms with van der Waals surface area (Å²) >= 11 is 0. The van der Waals surface area contributed by atoms with Crippen molar-refractivity contribution in [2.24, 2.45) is 0 Å².